The molecule has 0 amide bonds. The Kier molecular flexibility index (Phi) is 4.52. The highest BCUT2D eigenvalue weighted by Crippen LogP contribution is 1.97. The average molecular weight is 163 g/mol. The first-order valence-corrected chi connectivity index (χ1v) is 3.65. The van der Waals surface area contributed by atoms with Gasteiger partial charge < -0.3 is 0 Å². The lowest BCUT2D eigenvalue weighted by Gasteiger charge is -1.87. The van der Waals surface area contributed by atoms with Crippen molar-refractivity contribution in [3.05, 3.63) is 11.6 Å². The summed E-state index contributed by atoms with van der Waals surface area (Å²) in [6.07, 6.45) is 3.37. The van der Waals surface area contributed by atoms with Gasteiger partial charge >= 0.3 is 0 Å². The smallest absolute Gasteiger partial charge is 0.0239 e. The molecule has 0 aliphatic heterocycles. The van der Waals surface area contributed by atoms with Gasteiger partial charge in [-0.05, 0) is 13.3 Å². The maximum Gasteiger partial charge on any atom is 0.0239 e. The van der Waals surface area contributed by atoms with Crippen LogP contribution in [0.2, 0.25) is 0 Å². The summed E-state index contributed by atoms with van der Waals surface area (Å²) >= 11 is 3.35. The van der Waals surface area contributed by atoms with Crippen LogP contribution in [0.1, 0.15) is 20.3 Å². The first-order valence-electron chi connectivity index (χ1n) is 2.52. The van der Waals surface area contributed by atoms with Crippen LogP contribution in [0.4, 0.5) is 0 Å². The van der Waals surface area contributed by atoms with Crippen molar-refractivity contribution < 1.29 is 0 Å². The fourth-order valence-corrected chi connectivity index (χ4v) is 0.632. The van der Waals surface area contributed by atoms with Crippen LogP contribution in [-0.4, -0.2) is 5.33 Å². The summed E-state index contributed by atoms with van der Waals surface area (Å²) in [5.74, 6) is 0. The van der Waals surface area contributed by atoms with Crippen LogP contribution in [0.5, 0.6) is 0 Å². The topological polar surface area (TPSA) is 0 Å². The Labute approximate surface area is 53.7 Å². The van der Waals surface area contributed by atoms with E-state index in [1.165, 1.54) is 5.57 Å². The summed E-state index contributed by atoms with van der Waals surface area (Å²) in [4.78, 5) is 0. The molecule has 0 atom stereocenters. The van der Waals surface area contributed by atoms with Gasteiger partial charge in [0.1, 0.15) is 0 Å². The van der Waals surface area contributed by atoms with Crippen molar-refractivity contribution in [1.82, 2.24) is 0 Å². The van der Waals surface area contributed by atoms with Crippen LogP contribution < -0.4 is 0 Å². The molecule has 42 valence electrons. The molecule has 0 aromatic carbocycles. The molecule has 0 unspecified atom stereocenters. The average Bonchev–Trinajstić information content (AvgIpc) is 1.68. The number of halogens is 1. The number of allylic oxidation sites excluding steroid dienone is 2. The van der Waals surface area contributed by atoms with E-state index in [1.54, 1.807) is 0 Å². The monoisotopic (exact) mass is 162 g/mol. The third kappa shape index (κ3) is 4.07. The van der Waals surface area contributed by atoms with Crippen LogP contribution in [-0.2, 0) is 0 Å². The molecule has 0 N–H and O–H groups in total. The molecule has 0 bridgehead atoms. The zero-order chi connectivity index (χ0) is 5.70. The summed E-state index contributed by atoms with van der Waals surface area (Å²) in [6, 6.07) is 0. The second kappa shape index (κ2) is 4.38. The minimum absolute atomic E-state index is 1.01. The van der Waals surface area contributed by atoms with Crippen molar-refractivity contribution in [1.29, 1.82) is 0 Å². The Morgan fingerprint density at radius 1 is 1.71 bits per heavy atom. The van der Waals surface area contributed by atoms with Crippen LogP contribution in [0.25, 0.3) is 0 Å². The molecule has 0 spiro atoms. The van der Waals surface area contributed by atoms with Crippen molar-refractivity contribution in [2.45, 2.75) is 20.3 Å². The fraction of sp³-hybridized carbons (Fsp3) is 0.667. The first kappa shape index (κ1) is 7.22. The molecular formula is C6H11Br. The van der Waals surface area contributed by atoms with Gasteiger partial charge in [0.05, 0.1) is 0 Å². The molecule has 1 heteroatoms. The van der Waals surface area contributed by atoms with E-state index in [2.05, 4.69) is 35.9 Å². The molecule has 7 heavy (non-hydrogen) atoms. The van der Waals surface area contributed by atoms with E-state index in [4.69, 9.17) is 0 Å². The molecule has 0 saturated carbocycles. The van der Waals surface area contributed by atoms with E-state index in [9.17, 15) is 0 Å². The second-order valence-electron chi connectivity index (χ2n) is 1.59. The Morgan fingerprint density at radius 3 is 2.43 bits per heavy atom. The van der Waals surface area contributed by atoms with Crippen LogP contribution >= 0.6 is 15.9 Å². The summed E-state index contributed by atoms with van der Waals surface area (Å²) in [5, 5.41) is 1.01. The lowest BCUT2D eigenvalue weighted by atomic mass is 10.3. The summed E-state index contributed by atoms with van der Waals surface area (Å²) in [5.41, 5.74) is 1.42. The second-order valence-corrected chi connectivity index (χ2v) is 2.15. The molecule has 0 fully saturated rings. The predicted octanol–water partition coefficient (Wildman–Crippen LogP) is 2.74. The standard InChI is InChI=1S/C6H11Br/c1-3-4-6(2)5-7/h4H,3,5H2,1-2H3/b6-4+. The zero-order valence-corrected chi connectivity index (χ0v) is 6.46. The van der Waals surface area contributed by atoms with Crippen molar-refractivity contribution in [2.75, 3.05) is 5.33 Å². The molecule has 0 nitrogen and oxygen atoms in total. The molecule has 0 aliphatic carbocycles. The van der Waals surface area contributed by atoms with Gasteiger partial charge in [-0.3, -0.25) is 0 Å². The van der Waals surface area contributed by atoms with Gasteiger partial charge in [-0.25, -0.2) is 0 Å². The van der Waals surface area contributed by atoms with Gasteiger partial charge in [0.25, 0.3) is 0 Å². The van der Waals surface area contributed by atoms with Crippen LogP contribution in [0, 0.1) is 0 Å². The van der Waals surface area contributed by atoms with E-state index < -0.39 is 0 Å². The lowest BCUT2D eigenvalue weighted by molar-refractivity contribution is 1.18. The third-order valence-corrected chi connectivity index (χ3v) is 1.65. The van der Waals surface area contributed by atoms with Crippen molar-refractivity contribution in [3.8, 4) is 0 Å². The van der Waals surface area contributed by atoms with E-state index in [0.29, 0.717) is 0 Å². The Hall–Kier alpha value is 0.220. The Morgan fingerprint density at radius 2 is 2.29 bits per heavy atom. The number of hydrogen-bond acceptors (Lipinski definition) is 0. The van der Waals surface area contributed by atoms with Gasteiger partial charge in [0, 0.05) is 5.33 Å². The molecule has 0 aliphatic rings. The maximum atomic E-state index is 3.35. The van der Waals surface area contributed by atoms with E-state index in [1.807, 2.05) is 0 Å². The van der Waals surface area contributed by atoms with Crippen LogP contribution in [0.3, 0.4) is 0 Å². The van der Waals surface area contributed by atoms with Gasteiger partial charge in [0.15, 0.2) is 0 Å². The summed E-state index contributed by atoms with van der Waals surface area (Å²) in [7, 11) is 0. The number of hydrogen-bond donors (Lipinski definition) is 0. The highest BCUT2D eigenvalue weighted by atomic mass is 79.9. The Bertz CT molecular complexity index is 64.6. The molecule has 0 saturated heterocycles. The predicted molar refractivity (Wildman–Crippen MR) is 37.8 cm³/mol. The summed E-state index contributed by atoms with van der Waals surface area (Å²) in [6.45, 7) is 4.27. The molecule has 0 rings (SSSR count). The number of rotatable bonds is 2. The normalized spacial score (nSPS) is 12.1. The highest BCUT2D eigenvalue weighted by molar-refractivity contribution is 9.09. The Balaban J connectivity index is 3.29. The van der Waals surface area contributed by atoms with Gasteiger partial charge in [-0.15, -0.1) is 0 Å². The van der Waals surface area contributed by atoms with Crippen molar-refractivity contribution in [3.63, 3.8) is 0 Å². The molecule has 0 radical (unpaired) electrons. The SMILES string of the molecule is CC/C=C(\C)CBr. The van der Waals surface area contributed by atoms with Crippen molar-refractivity contribution in [2.24, 2.45) is 0 Å². The summed E-state index contributed by atoms with van der Waals surface area (Å²) < 4.78 is 0. The minimum Gasteiger partial charge on any atom is -0.0880 e. The fourth-order valence-electron chi connectivity index (χ4n) is 0.403. The van der Waals surface area contributed by atoms with E-state index >= 15 is 0 Å². The third-order valence-electron chi connectivity index (χ3n) is 0.763. The van der Waals surface area contributed by atoms with Gasteiger partial charge in [0.2, 0.25) is 0 Å². The zero-order valence-electron chi connectivity index (χ0n) is 4.87. The highest BCUT2D eigenvalue weighted by Gasteiger charge is 1.78. The van der Waals surface area contributed by atoms with Crippen molar-refractivity contribution >= 4 is 15.9 Å². The quantitative estimate of drug-likeness (QED) is 0.433. The lowest BCUT2D eigenvalue weighted by Crippen LogP contribution is -1.72. The first-order chi connectivity index (χ1) is 3.31. The molecule has 0 aromatic rings. The van der Waals surface area contributed by atoms with E-state index in [0.717, 1.165) is 11.8 Å². The maximum absolute atomic E-state index is 3.35. The largest absolute Gasteiger partial charge is 0.0880 e. The molecular weight excluding hydrogens is 152 g/mol. The van der Waals surface area contributed by atoms with E-state index in [-0.39, 0.29) is 0 Å². The van der Waals surface area contributed by atoms with Gasteiger partial charge in [-0.1, -0.05) is 34.5 Å². The number of alkyl halides is 1. The molecule has 0 aromatic heterocycles. The van der Waals surface area contributed by atoms with Crippen LogP contribution in [0.15, 0.2) is 11.6 Å². The molecule has 0 heterocycles. The minimum atomic E-state index is 1.01. The van der Waals surface area contributed by atoms with Gasteiger partial charge in [-0.2, -0.15) is 0 Å².